The van der Waals surface area contributed by atoms with E-state index in [0.717, 1.165) is 21.3 Å². The predicted molar refractivity (Wildman–Crippen MR) is 78.3 cm³/mol. The van der Waals surface area contributed by atoms with E-state index in [1.807, 2.05) is 44.2 Å². The van der Waals surface area contributed by atoms with Crippen molar-refractivity contribution in [2.24, 2.45) is 0 Å². The molecule has 0 fully saturated rings. The van der Waals surface area contributed by atoms with Crippen molar-refractivity contribution in [3.05, 3.63) is 45.9 Å². The average molecular weight is 291 g/mol. The summed E-state index contributed by atoms with van der Waals surface area (Å²) in [6.07, 6.45) is -0.00211. The van der Waals surface area contributed by atoms with Gasteiger partial charge in [-0.1, -0.05) is 32.0 Å². The Balaban J connectivity index is 2.14. The van der Waals surface area contributed by atoms with Crippen LogP contribution in [-0.2, 0) is 17.8 Å². The van der Waals surface area contributed by atoms with E-state index in [9.17, 15) is 4.79 Å². The normalized spacial score (nSPS) is 10.8. The third-order valence-corrected chi connectivity index (χ3v) is 4.12. The molecule has 2 rings (SSSR count). The second-order valence-corrected chi connectivity index (χ2v) is 5.86. The number of aromatic nitrogens is 1. The molecule has 0 unspecified atom stereocenters. The molecule has 4 nitrogen and oxygen atoms in total. The summed E-state index contributed by atoms with van der Waals surface area (Å²) in [5.74, 6) is 0.204. The van der Waals surface area contributed by atoms with Gasteiger partial charge in [-0.3, -0.25) is 4.79 Å². The van der Waals surface area contributed by atoms with E-state index < -0.39 is 5.97 Å². The van der Waals surface area contributed by atoms with E-state index in [4.69, 9.17) is 9.84 Å². The van der Waals surface area contributed by atoms with Crippen LogP contribution in [0.1, 0.15) is 35.3 Å². The van der Waals surface area contributed by atoms with Crippen LogP contribution in [0.15, 0.2) is 30.3 Å². The summed E-state index contributed by atoms with van der Waals surface area (Å²) in [5.41, 5.74) is 0.727. The van der Waals surface area contributed by atoms with Gasteiger partial charge in [-0.05, 0) is 12.1 Å². The van der Waals surface area contributed by atoms with Crippen LogP contribution in [0.3, 0.4) is 0 Å². The van der Waals surface area contributed by atoms with Crippen molar-refractivity contribution in [1.29, 1.82) is 0 Å². The van der Waals surface area contributed by atoms with Gasteiger partial charge < -0.3 is 9.84 Å². The summed E-state index contributed by atoms with van der Waals surface area (Å²) in [5, 5.41) is 9.91. The number of hydrogen-bond acceptors (Lipinski definition) is 4. The number of hydrogen-bond donors (Lipinski definition) is 1. The first kappa shape index (κ1) is 14.5. The maximum Gasteiger partial charge on any atom is 0.308 e. The summed E-state index contributed by atoms with van der Waals surface area (Å²) in [6, 6.07) is 9.45. The molecule has 0 saturated carbocycles. The molecule has 1 aromatic carbocycles. The van der Waals surface area contributed by atoms with Crippen molar-refractivity contribution < 1.29 is 14.6 Å². The summed E-state index contributed by atoms with van der Waals surface area (Å²) >= 11 is 1.46. The monoisotopic (exact) mass is 291 g/mol. The van der Waals surface area contributed by atoms with Gasteiger partial charge in [-0.2, -0.15) is 0 Å². The zero-order valence-corrected chi connectivity index (χ0v) is 12.3. The van der Waals surface area contributed by atoms with Gasteiger partial charge in [0.25, 0.3) is 0 Å². The Kier molecular flexibility index (Phi) is 4.74. The van der Waals surface area contributed by atoms with Gasteiger partial charge in [0.05, 0.1) is 17.1 Å². The molecule has 1 aromatic heterocycles. The highest BCUT2D eigenvalue weighted by Crippen LogP contribution is 2.26. The number of aliphatic carboxylic acids is 1. The molecular formula is C15H17NO3S. The lowest BCUT2D eigenvalue weighted by Crippen LogP contribution is -2.04. The second-order valence-electron chi connectivity index (χ2n) is 4.75. The van der Waals surface area contributed by atoms with Crippen LogP contribution in [0.5, 0.6) is 5.75 Å². The number of para-hydroxylation sites is 1. The molecule has 0 atom stereocenters. The molecule has 0 radical (unpaired) electrons. The molecule has 0 aliphatic rings. The molecule has 0 spiro atoms. The first-order valence-electron chi connectivity index (χ1n) is 6.44. The Morgan fingerprint density at radius 1 is 1.35 bits per heavy atom. The second kappa shape index (κ2) is 6.52. The van der Waals surface area contributed by atoms with Crippen molar-refractivity contribution in [2.45, 2.75) is 32.8 Å². The zero-order chi connectivity index (χ0) is 14.5. The van der Waals surface area contributed by atoms with Gasteiger partial charge in [0.2, 0.25) is 0 Å². The quantitative estimate of drug-likeness (QED) is 0.885. The highest BCUT2D eigenvalue weighted by Gasteiger charge is 2.16. The fourth-order valence-electron chi connectivity index (χ4n) is 1.71. The minimum Gasteiger partial charge on any atom is -0.487 e. The summed E-state index contributed by atoms with van der Waals surface area (Å²) in [6.45, 7) is 4.40. The molecule has 106 valence electrons. The highest BCUT2D eigenvalue weighted by molar-refractivity contribution is 7.11. The molecule has 0 bridgehead atoms. The molecule has 0 amide bonds. The van der Waals surface area contributed by atoms with E-state index in [1.54, 1.807) is 0 Å². The average Bonchev–Trinajstić information content (AvgIpc) is 2.80. The summed E-state index contributed by atoms with van der Waals surface area (Å²) < 4.78 is 5.66. The SMILES string of the molecule is CC(C)c1nc(COc2ccccc2)c(CC(=O)O)s1. The van der Waals surface area contributed by atoms with Crippen molar-refractivity contribution in [3.63, 3.8) is 0 Å². The van der Waals surface area contributed by atoms with Crippen LogP contribution in [0.25, 0.3) is 0 Å². The first-order chi connectivity index (χ1) is 9.56. The zero-order valence-electron chi connectivity index (χ0n) is 11.5. The number of carboxylic acid groups (broad SMARTS) is 1. The Bertz CT molecular complexity index is 578. The van der Waals surface area contributed by atoms with Crippen LogP contribution in [0.4, 0.5) is 0 Å². The topological polar surface area (TPSA) is 59.4 Å². The van der Waals surface area contributed by atoms with Gasteiger partial charge in [0, 0.05) is 10.8 Å². The van der Waals surface area contributed by atoms with Crippen molar-refractivity contribution in [3.8, 4) is 5.75 Å². The van der Waals surface area contributed by atoms with Gasteiger partial charge >= 0.3 is 5.97 Å². The first-order valence-corrected chi connectivity index (χ1v) is 7.26. The number of benzene rings is 1. The fourth-order valence-corrected chi connectivity index (χ4v) is 2.77. The van der Waals surface area contributed by atoms with Crippen LogP contribution >= 0.6 is 11.3 Å². The molecule has 0 aliphatic carbocycles. The standard InChI is InChI=1S/C15H17NO3S/c1-10(2)15-16-12(13(20-15)8-14(17)18)9-19-11-6-4-3-5-7-11/h3-7,10H,8-9H2,1-2H3,(H,17,18). The van der Waals surface area contributed by atoms with Crippen LogP contribution in [0.2, 0.25) is 0 Å². The lowest BCUT2D eigenvalue weighted by Gasteiger charge is -2.05. The molecule has 2 aromatic rings. The minimum atomic E-state index is -0.843. The predicted octanol–water partition coefficient (Wildman–Crippen LogP) is 3.47. The van der Waals surface area contributed by atoms with Gasteiger partial charge in [0.1, 0.15) is 12.4 Å². The number of rotatable bonds is 6. The number of carboxylic acids is 1. The molecule has 1 N–H and O–H groups in total. The maximum absolute atomic E-state index is 10.9. The Hall–Kier alpha value is -1.88. The summed E-state index contributed by atoms with van der Waals surface area (Å²) in [4.78, 5) is 16.2. The minimum absolute atomic E-state index is 0.00211. The number of ether oxygens (including phenoxy) is 1. The largest absolute Gasteiger partial charge is 0.487 e. The van der Waals surface area contributed by atoms with E-state index in [1.165, 1.54) is 11.3 Å². The lowest BCUT2D eigenvalue weighted by molar-refractivity contribution is -0.136. The van der Waals surface area contributed by atoms with E-state index in [-0.39, 0.29) is 12.3 Å². The van der Waals surface area contributed by atoms with E-state index >= 15 is 0 Å². The van der Waals surface area contributed by atoms with Crippen LogP contribution < -0.4 is 4.74 Å². The number of carbonyl (C=O) groups is 1. The molecule has 0 saturated heterocycles. The molecule has 0 aliphatic heterocycles. The fraction of sp³-hybridized carbons (Fsp3) is 0.333. The highest BCUT2D eigenvalue weighted by atomic mass is 32.1. The smallest absolute Gasteiger partial charge is 0.308 e. The summed E-state index contributed by atoms with van der Waals surface area (Å²) in [7, 11) is 0. The molecule has 1 heterocycles. The molecular weight excluding hydrogens is 274 g/mol. The van der Waals surface area contributed by atoms with Crippen LogP contribution in [0, 0.1) is 0 Å². The number of nitrogens with zero attached hydrogens (tertiary/aromatic N) is 1. The van der Waals surface area contributed by atoms with E-state index in [2.05, 4.69) is 4.98 Å². The van der Waals surface area contributed by atoms with Gasteiger partial charge in [-0.25, -0.2) is 4.98 Å². The Morgan fingerprint density at radius 3 is 2.65 bits per heavy atom. The molecule has 5 heteroatoms. The molecule has 20 heavy (non-hydrogen) atoms. The van der Waals surface area contributed by atoms with Crippen LogP contribution in [-0.4, -0.2) is 16.1 Å². The van der Waals surface area contributed by atoms with Crippen molar-refractivity contribution >= 4 is 17.3 Å². The maximum atomic E-state index is 10.9. The van der Waals surface area contributed by atoms with Crippen molar-refractivity contribution in [1.82, 2.24) is 4.98 Å². The third kappa shape index (κ3) is 3.81. The number of thiazole rings is 1. The third-order valence-electron chi connectivity index (χ3n) is 2.72. The van der Waals surface area contributed by atoms with Gasteiger partial charge in [-0.15, -0.1) is 11.3 Å². The Morgan fingerprint density at radius 2 is 2.05 bits per heavy atom. The van der Waals surface area contributed by atoms with Gasteiger partial charge in [0.15, 0.2) is 0 Å². The van der Waals surface area contributed by atoms with E-state index in [0.29, 0.717) is 6.61 Å². The Labute approximate surface area is 122 Å². The lowest BCUT2D eigenvalue weighted by atomic mass is 10.2. The van der Waals surface area contributed by atoms with Crippen molar-refractivity contribution in [2.75, 3.05) is 0 Å².